The van der Waals surface area contributed by atoms with Crippen molar-refractivity contribution in [2.75, 3.05) is 39.2 Å². The molecule has 1 saturated carbocycles. The number of hydrogen-bond acceptors (Lipinski definition) is 5. The molecule has 5 rings (SSSR count). The number of ether oxygens (including phenoxy) is 2. The molecule has 2 aromatic rings. The van der Waals surface area contributed by atoms with Crippen LogP contribution in [0.2, 0.25) is 5.02 Å². The number of carbonyl (C=O) groups excluding carboxylic acids is 2. The molecule has 2 heterocycles. The second kappa shape index (κ2) is 12.2. The average Bonchev–Trinajstić information content (AvgIpc) is 3.47. The second-order valence-electron chi connectivity index (χ2n) is 11.2. The molecule has 2 atom stereocenters. The maximum absolute atomic E-state index is 14.3. The van der Waals surface area contributed by atoms with Gasteiger partial charge in [0.15, 0.2) is 0 Å². The highest BCUT2D eigenvalue weighted by Crippen LogP contribution is 2.41. The molecule has 1 N–H and O–H groups in total. The summed E-state index contributed by atoms with van der Waals surface area (Å²) in [5.41, 5.74) is 0.236. The Morgan fingerprint density at radius 2 is 1.62 bits per heavy atom. The highest BCUT2D eigenvalue weighted by molar-refractivity contribution is 6.30. The number of benzene rings is 2. The minimum absolute atomic E-state index is 0.0973. The molecule has 3 fully saturated rings. The summed E-state index contributed by atoms with van der Waals surface area (Å²) in [7, 11) is 3.17. The van der Waals surface area contributed by atoms with Crippen molar-refractivity contribution >= 4 is 29.1 Å². The SMILES string of the molecule is COc1cc(NC(=O)C2(N(CC3CCCN4CCCCC34)C(=O)c3ccc(Cl)cc3)CCCC2)cc(OC)c1. The molecular weight excluding hydrogens is 514 g/mol. The van der Waals surface area contributed by atoms with E-state index in [0.29, 0.717) is 59.1 Å². The molecule has 2 saturated heterocycles. The van der Waals surface area contributed by atoms with E-state index >= 15 is 0 Å². The lowest BCUT2D eigenvalue weighted by Crippen LogP contribution is -2.61. The van der Waals surface area contributed by atoms with Gasteiger partial charge in [-0.3, -0.25) is 9.59 Å². The summed E-state index contributed by atoms with van der Waals surface area (Å²) in [6, 6.07) is 12.9. The fourth-order valence-electron chi connectivity index (χ4n) is 6.93. The van der Waals surface area contributed by atoms with Crippen molar-refractivity contribution in [1.29, 1.82) is 0 Å². The molecule has 39 heavy (non-hydrogen) atoms. The number of nitrogens with one attached hydrogen (secondary N) is 1. The highest BCUT2D eigenvalue weighted by atomic mass is 35.5. The van der Waals surface area contributed by atoms with E-state index in [9.17, 15) is 9.59 Å². The molecule has 2 unspecified atom stereocenters. The van der Waals surface area contributed by atoms with Gasteiger partial charge in [-0.1, -0.05) is 30.9 Å². The second-order valence-corrected chi connectivity index (χ2v) is 11.7. The zero-order valence-corrected chi connectivity index (χ0v) is 23.8. The van der Waals surface area contributed by atoms with Gasteiger partial charge in [0.1, 0.15) is 17.0 Å². The molecule has 2 aromatic carbocycles. The quantitative estimate of drug-likeness (QED) is 0.433. The number of anilines is 1. The third-order valence-corrected chi connectivity index (χ3v) is 9.21. The molecule has 210 valence electrons. The Morgan fingerprint density at radius 1 is 0.949 bits per heavy atom. The van der Waals surface area contributed by atoms with Crippen LogP contribution in [0.1, 0.15) is 68.1 Å². The van der Waals surface area contributed by atoms with Gasteiger partial charge in [0.25, 0.3) is 5.91 Å². The highest BCUT2D eigenvalue weighted by Gasteiger charge is 2.50. The van der Waals surface area contributed by atoms with E-state index < -0.39 is 5.54 Å². The van der Waals surface area contributed by atoms with Gasteiger partial charge in [-0.15, -0.1) is 0 Å². The Kier molecular flexibility index (Phi) is 8.67. The van der Waals surface area contributed by atoms with Gasteiger partial charge in [0, 0.05) is 47.1 Å². The van der Waals surface area contributed by atoms with Crippen molar-refractivity contribution in [2.45, 2.75) is 69.4 Å². The summed E-state index contributed by atoms with van der Waals surface area (Å²) in [6.45, 7) is 2.85. The summed E-state index contributed by atoms with van der Waals surface area (Å²) in [5, 5.41) is 3.73. The van der Waals surface area contributed by atoms with Crippen LogP contribution in [0.15, 0.2) is 42.5 Å². The number of hydrogen-bond donors (Lipinski definition) is 1. The Balaban J connectivity index is 1.49. The van der Waals surface area contributed by atoms with Gasteiger partial charge in [0.05, 0.1) is 14.2 Å². The summed E-state index contributed by atoms with van der Waals surface area (Å²) in [5.74, 6) is 1.30. The first-order chi connectivity index (χ1) is 18.9. The number of rotatable bonds is 8. The summed E-state index contributed by atoms with van der Waals surface area (Å²) < 4.78 is 10.8. The van der Waals surface area contributed by atoms with Gasteiger partial charge in [-0.05, 0) is 81.8 Å². The van der Waals surface area contributed by atoms with Crippen molar-refractivity contribution in [3.8, 4) is 11.5 Å². The molecule has 0 spiro atoms. The van der Waals surface area contributed by atoms with Gasteiger partial charge >= 0.3 is 0 Å². The first-order valence-corrected chi connectivity index (χ1v) is 14.7. The molecular formula is C31H40ClN3O4. The molecule has 1 aliphatic carbocycles. The van der Waals surface area contributed by atoms with Crippen molar-refractivity contribution in [1.82, 2.24) is 9.80 Å². The van der Waals surface area contributed by atoms with Crippen LogP contribution >= 0.6 is 11.6 Å². The smallest absolute Gasteiger partial charge is 0.254 e. The monoisotopic (exact) mass is 553 g/mol. The van der Waals surface area contributed by atoms with Crippen LogP contribution in [-0.2, 0) is 4.79 Å². The van der Waals surface area contributed by atoms with Crippen LogP contribution < -0.4 is 14.8 Å². The summed E-state index contributed by atoms with van der Waals surface area (Å²) in [4.78, 5) is 33.1. The van der Waals surface area contributed by atoms with E-state index in [1.54, 1.807) is 56.7 Å². The largest absolute Gasteiger partial charge is 0.497 e. The van der Waals surface area contributed by atoms with Gasteiger partial charge in [-0.2, -0.15) is 0 Å². The van der Waals surface area contributed by atoms with Gasteiger partial charge < -0.3 is 24.6 Å². The predicted octanol–water partition coefficient (Wildman–Crippen LogP) is 6.02. The zero-order chi connectivity index (χ0) is 27.4. The van der Waals surface area contributed by atoms with Crippen molar-refractivity contribution in [3.63, 3.8) is 0 Å². The maximum atomic E-state index is 14.3. The van der Waals surface area contributed by atoms with Gasteiger partial charge in [-0.25, -0.2) is 0 Å². The van der Waals surface area contributed by atoms with Crippen molar-refractivity contribution in [3.05, 3.63) is 53.1 Å². The Labute approximate surface area is 236 Å². The molecule has 0 bridgehead atoms. The van der Waals surface area contributed by atoms with Crippen LogP contribution in [-0.4, -0.2) is 67.0 Å². The van der Waals surface area contributed by atoms with Crippen LogP contribution in [0.5, 0.6) is 11.5 Å². The Hall–Kier alpha value is -2.77. The van der Waals surface area contributed by atoms with E-state index in [0.717, 1.165) is 45.2 Å². The van der Waals surface area contributed by atoms with Crippen LogP contribution in [0.4, 0.5) is 5.69 Å². The number of amides is 2. The topological polar surface area (TPSA) is 71.1 Å². The van der Waals surface area contributed by atoms with Crippen molar-refractivity contribution < 1.29 is 19.1 Å². The Bertz CT molecular complexity index is 1140. The summed E-state index contributed by atoms with van der Waals surface area (Å²) >= 11 is 6.16. The fraction of sp³-hybridized carbons (Fsp3) is 0.548. The first-order valence-electron chi connectivity index (χ1n) is 14.3. The zero-order valence-electron chi connectivity index (χ0n) is 23.1. The minimum Gasteiger partial charge on any atom is -0.497 e. The van der Waals surface area contributed by atoms with Crippen LogP contribution in [0, 0.1) is 5.92 Å². The minimum atomic E-state index is -0.927. The Morgan fingerprint density at radius 3 is 2.28 bits per heavy atom. The van der Waals surface area contributed by atoms with Crippen molar-refractivity contribution in [2.24, 2.45) is 5.92 Å². The lowest BCUT2D eigenvalue weighted by molar-refractivity contribution is -0.127. The van der Waals surface area contributed by atoms with Crippen LogP contribution in [0.3, 0.4) is 0 Å². The lowest BCUT2D eigenvalue weighted by Gasteiger charge is -2.48. The normalized spacial score (nSPS) is 22.5. The number of nitrogens with zero attached hydrogens (tertiary/aromatic N) is 2. The van der Waals surface area contributed by atoms with E-state index in [2.05, 4.69) is 10.2 Å². The van der Waals surface area contributed by atoms with Gasteiger partial charge in [0.2, 0.25) is 5.91 Å². The number of piperidine rings is 2. The van der Waals surface area contributed by atoms with Crippen LogP contribution in [0.25, 0.3) is 0 Å². The molecule has 0 radical (unpaired) electrons. The number of fused-ring (bicyclic) bond motifs is 1. The number of methoxy groups -OCH3 is 2. The molecule has 3 aliphatic rings. The maximum Gasteiger partial charge on any atom is 0.254 e. The average molecular weight is 554 g/mol. The lowest BCUT2D eigenvalue weighted by atomic mass is 9.81. The molecule has 7 nitrogen and oxygen atoms in total. The summed E-state index contributed by atoms with van der Waals surface area (Å²) in [6.07, 6.45) is 8.93. The molecule has 0 aromatic heterocycles. The van der Waals surface area contributed by atoms with E-state index in [1.807, 2.05) is 4.90 Å². The predicted molar refractivity (Wildman–Crippen MR) is 154 cm³/mol. The van der Waals surface area contributed by atoms with E-state index in [1.165, 1.54) is 12.8 Å². The number of carbonyl (C=O) groups is 2. The fourth-order valence-corrected chi connectivity index (χ4v) is 7.06. The number of halogens is 1. The third kappa shape index (κ3) is 5.90. The van der Waals surface area contributed by atoms with E-state index in [4.69, 9.17) is 21.1 Å². The third-order valence-electron chi connectivity index (χ3n) is 8.96. The first kappa shape index (κ1) is 27.8. The standard InChI is InChI=1S/C31H40ClN3O4/c1-38-26-18-25(19-27(20-26)39-2)33-30(37)31(14-4-5-15-31)35(29(36)22-10-12-24(32)13-11-22)21-23-8-7-17-34-16-6-3-9-28(23)34/h10-13,18-20,23,28H,3-9,14-17,21H2,1-2H3,(H,33,37). The molecule has 2 aliphatic heterocycles. The molecule has 2 amide bonds. The van der Waals surface area contributed by atoms with E-state index in [-0.39, 0.29) is 11.8 Å². The molecule has 8 heteroatoms.